The zero-order chi connectivity index (χ0) is 8.15. The molecule has 10 heavy (non-hydrogen) atoms. The van der Waals surface area contributed by atoms with Crippen molar-refractivity contribution < 1.29 is 8.78 Å². The molecule has 2 N–H and O–H groups in total. The van der Waals surface area contributed by atoms with Crippen LogP contribution in [0.15, 0.2) is 0 Å². The highest BCUT2D eigenvalue weighted by Crippen LogP contribution is 2.57. The molecule has 2 atom stereocenters. The van der Waals surface area contributed by atoms with Gasteiger partial charge in [0.15, 0.2) is 0 Å². The standard InChI is InChI=1S/C7H13F2N/c1-6(2)4(5(6)10)7(3,8)9/h4-5H,10H2,1-3H3. The van der Waals surface area contributed by atoms with Crippen LogP contribution < -0.4 is 5.73 Å². The van der Waals surface area contributed by atoms with Gasteiger partial charge in [-0.2, -0.15) is 0 Å². The van der Waals surface area contributed by atoms with Gasteiger partial charge in [-0.15, -0.1) is 0 Å². The van der Waals surface area contributed by atoms with Crippen LogP contribution in [0.5, 0.6) is 0 Å². The minimum Gasteiger partial charge on any atom is -0.327 e. The van der Waals surface area contributed by atoms with E-state index < -0.39 is 11.8 Å². The Hall–Kier alpha value is -0.180. The maximum absolute atomic E-state index is 12.6. The molecule has 1 saturated carbocycles. The first-order chi connectivity index (χ1) is 4.28. The molecule has 0 saturated heterocycles. The van der Waals surface area contributed by atoms with Crippen LogP contribution in [-0.4, -0.2) is 12.0 Å². The lowest BCUT2D eigenvalue weighted by atomic mass is 10.1. The highest BCUT2D eigenvalue weighted by molar-refractivity contribution is 5.13. The Morgan fingerprint density at radius 2 is 1.70 bits per heavy atom. The van der Waals surface area contributed by atoms with Gasteiger partial charge in [-0.1, -0.05) is 13.8 Å². The Kier molecular flexibility index (Phi) is 1.35. The summed E-state index contributed by atoms with van der Waals surface area (Å²) in [5.41, 5.74) is 5.09. The molecule has 0 spiro atoms. The van der Waals surface area contributed by atoms with E-state index in [1.807, 2.05) is 0 Å². The van der Waals surface area contributed by atoms with Crippen LogP contribution in [-0.2, 0) is 0 Å². The van der Waals surface area contributed by atoms with E-state index in [1.165, 1.54) is 0 Å². The molecule has 0 aromatic heterocycles. The van der Waals surface area contributed by atoms with Crippen LogP contribution in [0.1, 0.15) is 20.8 Å². The van der Waals surface area contributed by atoms with Gasteiger partial charge >= 0.3 is 0 Å². The van der Waals surface area contributed by atoms with Crippen molar-refractivity contribution in [2.75, 3.05) is 0 Å². The lowest BCUT2D eigenvalue weighted by Crippen LogP contribution is -2.19. The number of halogens is 2. The van der Waals surface area contributed by atoms with Crippen molar-refractivity contribution in [2.24, 2.45) is 17.1 Å². The predicted octanol–water partition coefficient (Wildman–Crippen LogP) is 1.62. The molecule has 0 amide bonds. The minimum atomic E-state index is -2.61. The molecule has 0 heterocycles. The summed E-state index contributed by atoms with van der Waals surface area (Å²) in [5.74, 6) is -3.23. The first-order valence-corrected chi connectivity index (χ1v) is 3.41. The molecule has 1 nitrogen and oxygen atoms in total. The van der Waals surface area contributed by atoms with E-state index in [4.69, 9.17) is 5.73 Å². The highest BCUT2D eigenvalue weighted by atomic mass is 19.3. The first-order valence-electron chi connectivity index (χ1n) is 3.41. The summed E-state index contributed by atoms with van der Waals surface area (Å²) in [7, 11) is 0. The summed E-state index contributed by atoms with van der Waals surface area (Å²) in [6.07, 6.45) is 0. The van der Waals surface area contributed by atoms with Gasteiger partial charge in [0.1, 0.15) is 0 Å². The molecular formula is C7H13F2N. The molecule has 0 bridgehead atoms. The molecule has 0 aliphatic heterocycles. The average Bonchev–Trinajstić information content (AvgIpc) is 2.03. The van der Waals surface area contributed by atoms with E-state index in [0.717, 1.165) is 6.92 Å². The Morgan fingerprint density at radius 1 is 1.40 bits per heavy atom. The second-order valence-electron chi connectivity index (χ2n) is 3.78. The molecule has 1 rings (SSSR count). The first kappa shape index (κ1) is 7.92. The van der Waals surface area contributed by atoms with Gasteiger partial charge in [0.05, 0.1) is 0 Å². The zero-order valence-electron chi connectivity index (χ0n) is 6.49. The van der Waals surface area contributed by atoms with Gasteiger partial charge in [0.2, 0.25) is 5.92 Å². The van der Waals surface area contributed by atoms with Crippen LogP contribution >= 0.6 is 0 Å². The minimum absolute atomic E-state index is 0.326. The fourth-order valence-electron chi connectivity index (χ4n) is 1.65. The second kappa shape index (κ2) is 1.70. The van der Waals surface area contributed by atoms with E-state index in [1.54, 1.807) is 13.8 Å². The highest BCUT2D eigenvalue weighted by Gasteiger charge is 2.65. The molecule has 3 heteroatoms. The van der Waals surface area contributed by atoms with Gasteiger partial charge in [-0.05, 0) is 12.3 Å². The lowest BCUT2D eigenvalue weighted by Gasteiger charge is -2.10. The number of hydrogen-bond acceptors (Lipinski definition) is 1. The van der Waals surface area contributed by atoms with Crippen molar-refractivity contribution in [2.45, 2.75) is 32.7 Å². The Morgan fingerprint density at radius 3 is 1.70 bits per heavy atom. The lowest BCUT2D eigenvalue weighted by molar-refractivity contribution is -0.0142. The summed E-state index contributed by atoms with van der Waals surface area (Å²) in [6, 6.07) is -0.326. The topological polar surface area (TPSA) is 26.0 Å². The van der Waals surface area contributed by atoms with Crippen molar-refractivity contribution in [3.05, 3.63) is 0 Å². The SMILES string of the molecule is CC(F)(F)C1C(N)C1(C)C. The van der Waals surface area contributed by atoms with E-state index in [9.17, 15) is 8.78 Å². The number of hydrogen-bond donors (Lipinski definition) is 1. The quantitative estimate of drug-likeness (QED) is 0.602. The van der Waals surface area contributed by atoms with Crippen molar-refractivity contribution in [3.63, 3.8) is 0 Å². The molecule has 1 aliphatic rings. The van der Waals surface area contributed by atoms with Crippen LogP contribution in [0.2, 0.25) is 0 Å². The molecule has 1 fully saturated rings. The summed E-state index contributed by atoms with van der Waals surface area (Å²) in [5, 5.41) is 0. The van der Waals surface area contributed by atoms with Crippen molar-refractivity contribution in [1.29, 1.82) is 0 Å². The molecule has 2 unspecified atom stereocenters. The Bertz CT molecular complexity index is 138. The van der Waals surface area contributed by atoms with Crippen LogP contribution in [0.3, 0.4) is 0 Å². The summed E-state index contributed by atoms with van der Waals surface area (Å²) in [6.45, 7) is 4.49. The maximum Gasteiger partial charge on any atom is 0.250 e. The zero-order valence-corrected chi connectivity index (χ0v) is 6.49. The third-order valence-corrected chi connectivity index (χ3v) is 2.46. The second-order valence-corrected chi connectivity index (χ2v) is 3.78. The van der Waals surface area contributed by atoms with Crippen LogP contribution in [0.4, 0.5) is 8.78 Å². The molecule has 0 aromatic carbocycles. The number of rotatable bonds is 1. The normalized spacial score (nSPS) is 37.8. The smallest absolute Gasteiger partial charge is 0.250 e. The number of alkyl halides is 2. The van der Waals surface area contributed by atoms with Gasteiger partial charge in [-0.3, -0.25) is 0 Å². The Balaban J connectivity index is 2.66. The van der Waals surface area contributed by atoms with Gasteiger partial charge in [-0.25, -0.2) is 8.78 Å². The summed E-state index contributed by atoms with van der Waals surface area (Å²) < 4.78 is 25.1. The molecule has 1 aliphatic carbocycles. The van der Waals surface area contributed by atoms with Crippen LogP contribution in [0, 0.1) is 11.3 Å². The fraction of sp³-hybridized carbons (Fsp3) is 1.00. The van der Waals surface area contributed by atoms with Gasteiger partial charge in [0, 0.05) is 12.0 Å². The average molecular weight is 149 g/mol. The van der Waals surface area contributed by atoms with Crippen LogP contribution in [0.25, 0.3) is 0 Å². The largest absolute Gasteiger partial charge is 0.327 e. The van der Waals surface area contributed by atoms with Gasteiger partial charge in [0.25, 0.3) is 0 Å². The maximum atomic E-state index is 12.6. The molecule has 60 valence electrons. The van der Waals surface area contributed by atoms with E-state index >= 15 is 0 Å². The van der Waals surface area contributed by atoms with E-state index in [2.05, 4.69) is 0 Å². The van der Waals surface area contributed by atoms with E-state index in [0.29, 0.717) is 0 Å². The summed E-state index contributed by atoms with van der Waals surface area (Å²) in [4.78, 5) is 0. The molecule has 0 aromatic rings. The van der Waals surface area contributed by atoms with Gasteiger partial charge < -0.3 is 5.73 Å². The third kappa shape index (κ3) is 0.926. The molecular weight excluding hydrogens is 136 g/mol. The fourth-order valence-corrected chi connectivity index (χ4v) is 1.65. The predicted molar refractivity (Wildman–Crippen MR) is 35.9 cm³/mol. The van der Waals surface area contributed by atoms with Crippen molar-refractivity contribution in [3.8, 4) is 0 Å². The Labute approximate surface area is 59.6 Å². The van der Waals surface area contributed by atoms with E-state index in [-0.39, 0.29) is 11.5 Å². The third-order valence-electron chi connectivity index (χ3n) is 2.46. The van der Waals surface area contributed by atoms with Crippen molar-refractivity contribution in [1.82, 2.24) is 0 Å². The molecule has 0 radical (unpaired) electrons. The number of nitrogens with two attached hydrogens (primary N) is 1. The monoisotopic (exact) mass is 149 g/mol. The summed E-state index contributed by atoms with van der Waals surface area (Å²) >= 11 is 0. The van der Waals surface area contributed by atoms with Crippen molar-refractivity contribution >= 4 is 0 Å².